The zero-order valence-electron chi connectivity index (χ0n) is 10.5. The lowest BCUT2D eigenvalue weighted by Gasteiger charge is -2.14. The predicted octanol–water partition coefficient (Wildman–Crippen LogP) is 1.45. The molecule has 0 aromatic heterocycles. The topological polar surface area (TPSA) is 83.5 Å². The van der Waals surface area contributed by atoms with Crippen molar-refractivity contribution in [3.05, 3.63) is 29.8 Å². The average Bonchev–Trinajstić information content (AvgIpc) is 2.37. The van der Waals surface area contributed by atoms with Gasteiger partial charge in [-0.15, -0.1) is 0 Å². The van der Waals surface area contributed by atoms with Gasteiger partial charge in [-0.25, -0.2) is 17.2 Å². The van der Waals surface area contributed by atoms with Crippen LogP contribution in [0.1, 0.15) is 6.42 Å². The molecule has 0 radical (unpaired) electrons. The van der Waals surface area contributed by atoms with Gasteiger partial charge in [-0.1, -0.05) is 0 Å². The van der Waals surface area contributed by atoms with Crippen molar-refractivity contribution in [1.82, 2.24) is 4.72 Å². The van der Waals surface area contributed by atoms with E-state index >= 15 is 0 Å². The summed E-state index contributed by atoms with van der Waals surface area (Å²) in [5.41, 5.74) is 0. The van der Waals surface area contributed by atoms with E-state index in [-0.39, 0.29) is 6.42 Å². The van der Waals surface area contributed by atoms with E-state index in [1.807, 2.05) is 4.72 Å². The minimum Gasteiger partial charge on any atom is -0.480 e. The van der Waals surface area contributed by atoms with Gasteiger partial charge in [0.1, 0.15) is 6.04 Å². The van der Waals surface area contributed by atoms with Gasteiger partial charge in [-0.2, -0.15) is 16.5 Å². The summed E-state index contributed by atoms with van der Waals surface area (Å²) in [4.78, 5) is 10.4. The summed E-state index contributed by atoms with van der Waals surface area (Å²) in [7, 11) is -4.22. The van der Waals surface area contributed by atoms with E-state index in [4.69, 9.17) is 5.11 Å². The van der Waals surface area contributed by atoms with Gasteiger partial charge >= 0.3 is 5.97 Å². The van der Waals surface area contributed by atoms with Gasteiger partial charge in [0.25, 0.3) is 0 Å². The van der Waals surface area contributed by atoms with Crippen LogP contribution in [0, 0.1) is 11.6 Å². The van der Waals surface area contributed by atoms with Crippen LogP contribution < -0.4 is 4.72 Å². The molecule has 0 saturated heterocycles. The fourth-order valence-electron chi connectivity index (χ4n) is 1.37. The summed E-state index contributed by atoms with van der Waals surface area (Å²) in [5, 5.41) is 8.94. The molecule has 0 aliphatic rings. The summed E-state index contributed by atoms with van der Waals surface area (Å²) in [6.07, 6.45) is 1.84. The summed E-state index contributed by atoms with van der Waals surface area (Å²) < 4.78 is 51.5. The van der Waals surface area contributed by atoms with Crippen molar-refractivity contribution >= 4 is 27.8 Å². The largest absolute Gasteiger partial charge is 0.480 e. The number of thioether (sulfide) groups is 1. The molecule has 0 amide bonds. The third-order valence-corrected chi connectivity index (χ3v) is 4.52. The zero-order valence-corrected chi connectivity index (χ0v) is 12.1. The normalized spacial score (nSPS) is 13.2. The average molecular weight is 325 g/mol. The second-order valence-electron chi connectivity index (χ2n) is 3.87. The summed E-state index contributed by atoms with van der Waals surface area (Å²) >= 11 is 1.37. The fourth-order valence-corrected chi connectivity index (χ4v) is 3.07. The molecule has 20 heavy (non-hydrogen) atoms. The van der Waals surface area contributed by atoms with E-state index in [0.29, 0.717) is 17.9 Å². The Labute approximate surface area is 119 Å². The van der Waals surface area contributed by atoms with Crippen LogP contribution in [0.2, 0.25) is 0 Å². The quantitative estimate of drug-likeness (QED) is 0.793. The highest BCUT2D eigenvalue weighted by Crippen LogP contribution is 2.15. The van der Waals surface area contributed by atoms with E-state index in [1.165, 1.54) is 11.8 Å². The Morgan fingerprint density at radius 2 is 2.05 bits per heavy atom. The first-order chi connectivity index (χ1) is 9.27. The highest BCUT2D eigenvalue weighted by Gasteiger charge is 2.25. The van der Waals surface area contributed by atoms with Gasteiger partial charge in [0, 0.05) is 0 Å². The van der Waals surface area contributed by atoms with Crippen LogP contribution in [-0.2, 0) is 14.8 Å². The summed E-state index contributed by atoms with van der Waals surface area (Å²) in [6.45, 7) is 0. The Balaban J connectivity index is 2.97. The fraction of sp³-hybridized carbons (Fsp3) is 0.364. The van der Waals surface area contributed by atoms with E-state index in [0.717, 1.165) is 6.07 Å². The van der Waals surface area contributed by atoms with E-state index in [2.05, 4.69) is 0 Å². The third kappa shape index (κ3) is 4.43. The molecule has 0 fully saturated rings. The van der Waals surface area contributed by atoms with Crippen molar-refractivity contribution in [1.29, 1.82) is 0 Å². The van der Waals surface area contributed by atoms with Crippen LogP contribution in [0.4, 0.5) is 8.78 Å². The summed E-state index contributed by atoms with van der Waals surface area (Å²) in [5.74, 6) is -3.38. The van der Waals surface area contributed by atoms with Crippen LogP contribution >= 0.6 is 11.8 Å². The molecule has 1 atom stereocenters. The molecule has 1 rings (SSSR count). The molecule has 0 heterocycles. The number of rotatable bonds is 7. The number of nitrogens with one attached hydrogen (secondary N) is 1. The second-order valence-corrected chi connectivity index (χ2v) is 6.57. The lowest BCUT2D eigenvalue weighted by Crippen LogP contribution is -2.41. The van der Waals surface area contributed by atoms with Gasteiger partial charge in [-0.3, -0.25) is 4.79 Å². The van der Waals surface area contributed by atoms with Gasteiger partial charge in [0.05, 0.1) is 4.90 Å². The lowest BCUT2D eigenvalue weighted by atomic mass is 10.2. The van der Waals surface area contributed by atoms with E-state index in [9.17, 15) is 22.0 Å². The molecule has 0 spiro atoms. The van der Waals surface area contributed by atoms with Gasteiger partial charge in [-0.05, 0) is 36.6 Å². The first-order valence-electron chi connectivity index (χ1n) is 5.47. The van der Waals surface area contributed by atoms with Crippen molar-refractivity contribution in [3.8, 4) is 0 Å². The number of aliphatic carboxylic acids is 1. The summed E-state index contributed by atoms with van der Waals surface area (Å²) in [6, 6.07) is 0.724. The number of hydrogen-bond donors (Lipinski definition) is 2. The highest BCUT2D eigenvalue weighted by atomic mass is 32.2. The van der Waals surface area contributed by atoms with Crippen LogP contribution in [0.25, 0.3) is 0 Å². The SMILES string of the molecule is CSCCC(NS(=O)(=O)c1ccc(F)c(F)c1)C(=O)O. The van der Waals surface area contributed by atoms with Gasteiger partial charge in [0.2, 0.25) is 10.0 Å². The Hall–Kier alpha value is -1.19. The van der Waals surface area contributed by atoms with Crippen LogP contribution in [0.3, 0.4) is 0 Å². The first-order valence-corrected chi connectivity index (χ1v) is 8.34. The molecule has 0 saturated carbocycles. The number of benzene rings is 1. The molecule has 1 unspecified atom stereocenters. The minimum absolute atomic E-state index is 0.0827. The standard InChI is InChI=1S/C11H13F2NO4S2/c1-19-5-4-10(11(15)16)14-20(17,18)7-2-3-8(12)9(13)6-7/h2-3,6,10,14H,4-5H2,1H3,(H,15,16). The predicted molar refractivity (Wildman–Crippen MR) is 71.1 cm³/mol. The molecule has 112 valence electrons. The third-order valence-electron chi connectivity index (χ3n) is 2.41. The molecular formula is C11H13F2NO4S2. The Bertz CT molecular complexity index is 592. The van der Waals surface area contributed by atoms with Crippen LogP contribution in [0.15, 0.2) is 23.1 Å². The molecule has 9 heteroatoms. The molecule has 1 aromatic carbocycles. The van der Waals surface area contributed by atoms with Crippen molar-refractivity contribution in [2.24, 2.45) is 0 Å². The Kier molecular flexibility index (Phi) is 5.90. The van der Waals surface area contributed by atoms with Crippen LogP contribution in [0.5, 0.6) is 0 Å². The molecular weight excluding hydrogens is 312 g/mol. The Morgan fingerprint density at radius 1 is 1.40 bits per heavy atom. The van der Waals surface area contributed by atoms with Crippen molar-refractivity contribution in [2.75, 3.05) is 12.0 Å². The molecule has 2 N–H and O–H groups in total. The van der Waals surface area contributed by atoms with Crippen molar-refractivity contribution < 1.29 is 27.1 Å². The molecule has 1 aromatic rings. The molecule has 0 aliphatic carbocycles. The minimum atomic E-state index is -4.22. The number of carboxylic acid groups (broad SMARTS) is 1. The monoisotopic (exact) mass is 325 g/mol. The van der Waals surface area contributed by atoms with E-state index < -0.39 is 38.6 Å². The number of carboxylic acids is 1. The first kappa shape index (κ1) is 16.9. The van der Waals surface area contributed by atoms with Crippen LogP contribution in [-0.4, -0.2) is 37.5 Å². The maximum atomic E-state index is 13.0. The van der Waals surface area contributed by atoms with Gasteiger partial charge < -0.3 is 5.11 Å². The van der Waals surface area contributed by atoms with Gasteiger partial charge in [0.15, 0.2) is 11.6 Å². The smallest absolute Gasteiger partial charge is 0.321 e. The molecule has 5 nitrogen and oxygen atoms in total. The molecule has 0 bridgehead atoms. The maximum absolute atomic E-state index is 13.0. The molecule has 0 aliphatic heterocycles. The lowest BCUT2D eigenvalue weighted by molar-refractivity contribution is -0.139. The highest BCUT2D eigenvalue weighted by molar-refractivity contribution is 7.98. The van der Waals surface area contributed by atoms with E-state index in [1.54, 1.807) is 6.26 Å². The Morgan fingerprint density at radius 3 is 2.55 bits per heavy atom. The number of hydrogen-bond acceptors (Lipinski definition) is 4. The second kappa shape index (κ2) is 7.00. The zero-order chi connectivity index (χ0) is 15.3. The number of halogens is 2. The van der Waals surface area contributed by atoms with Crippen molar-refractivity contribution in [3.63, 3.8) is 0 Å². The number of carbonyl (C=O) groups is 1. The number of sulfonamides is 1. The van der Waals surface area contributed by atoms with Crippen molar-refractivity contribution in [2.45, 2.75) is 17.4 Å². The maximum Gasteiger partial charge on any atom is 0.321 e.